The molecule has 0 saturated heterocycles. The van der Waals surface area contributed by atoms with Gasteiger partial charge in [0, 0.05) is 31.3 Å². The van der Waals surface area contributed by atoms with Crippen molar-refractivity contribution in [1.29, 1.82) is 0 Å². The lowest BCUT2D eigenvalue weighted by molar-refractivity contribution is -0.685. The molecule has 0 unspecified atom stereocenters. The highest BCUT2D eigenvalue weighted by atomic mass is 15.1. The molecule has 3 aromatic rings. The van der Waals surface area contributed by atoms with Crippen LogP contribution in [0.2, 0.25) is 0 Å². The Kier molecular flexibility index (Phi) is 3.29. The summed E-state index contributed by atoms with van der Waals surface area (Å²) in [4.78, 5) is 4.40. The molecule has 0 aliphatic carbocycles. The Hall–Kier alpha value is -2.49. The molecule has 0 aromatic carbocycles. The van der Waals surface area contributed by atoms with E-state index in [0.29, 0.717) is 0 Å². The summed E-state index contributed by atoms with van der Waals surface area (Å²) in [7, 11) is 6.21. The van der Waals surface area contributed by atoms with Crippen LogP contribution in [0.25, 0.3) is 22.8 Å². The average molecular weight is 280 g/mol. The first kappa shape index (κ1) is 13.5. The number of aromatic nitrogens is 4. The van der Waals surface area contributed by atoms with E-state index in [9.17, 15) is 0 Å². The van der Waals surface area contributed by atoms with E-state index in [0.717, 1.165) is 17.2 Å². The number of pyridine rings is 2. The van der Waals surface area contributed by atoms with Gasteiger partial charge in [-0.1, -0.05) is 0 Å². The second kappa shape index (κ2) is 5.13. The molecule has 0 atom stereocenters. The van der Waals surface area contributed by atoms with Gasteiger partial charge in [-0.2, -0.15) is 9.13 Å². The van der Waals surface area contributed by atoms with E-state index < -0.39 is 0 Å². The average Bonchev–Trinajstić information content (AvgIpc) is 2.80. The Bertz CT molecular complexity index is 802. The first-order valence-electron chi connectivity index (χ1n) is 7.02. The summed E-state index contributed by atoms with van der Waals surface area (Å²) in [6, 6.07) is 12.6. The van der Waals surface area contributed by atoms with Gasteiger partial charge in [-0.05, 0) is 19.1 Å². The molecule has 0 saturated carbocycles. The standard InChI is InChI=1S/C17H20N4/c1-13-18-12-17(20(13)3)16-10-7-9-15(21(16)4)14-8-5-6-11-19(14)2/h5-12H,1-4H3/q+2. The molecule has 0 bridgehead atoms. The highest BCUT2D eigenvalue weighted by Gasteiger charge is 2.23. The SMILES string of the molecule is Cc1ncc(-c2cccc(-c3cccc[n+]3C)[n+]2C)n1C. The highest BCUT2D eigenvalue weighted by molar-refractivity contribution is 5.54. The fraction of sp³-hybridized carbons (Fsp3) is 0.235. The maximum atomic E-state index is 4.40. The quantitative estimate of drug-likeness (QED) is 0.656. The van der Waals surface area contributed by atoms with Gasteiger partial charge in [0.05, 0.1) is 6.20 Å². The Balaban J connectivity index is 2.21. The van der Waals surface area contributed by atoms with Crippen molar-refractivity contribution >= 4 is 0 Å². The minimum absolute atomic E-state index is 1.01. The Morgan fingerprint density at radius 3 is 2.33 bits per heavy atom. The summed E-state index contributed by atoms with van der Waals surface area (Å²) in [6.45, 7) is 2.02. The minimum Gasteiger partial charge on any atom is -0.326 e. The zero-order chi connectivity index (χ0) is 15.0. The van der Waals surface area contributed by atoms with E-state index in [4.69, 9.17) is 0 Å². The fourth-order valence-corrected chi connectivity index (χ4v) is 2.63. The summed E-state index contributed by atoms with van der Waals surface area (Å²) >= 11 is 0. The second-order valence-electron chi connectivity index (χ2n) is 5.30. The summed E-state index contributed by atoms with van der Waals surface area (Å²) < 4.78 is 6.46. The third kappa shape index (κ3) is 2.23. The third-order valence-corrected chi connectivity index (χ3v) is 4.03. The van der Waals surface area contributed by atoms with Crippen LogP contribution in [0.3, 0.4) is 0 Å². The van der Waals surface area contributed by atoms with Crippen LogP contribution in [0.15, 0.2) is 48.8 Å². The highest BCUT2D eigenvalue weighted by Crippen LogP contribution is 2.19. The summed E-state index contributed by atoms with van der Waals surface area (Å²) in [6.07, 6.45) is 4.00. The van der Waals surface area contributed by atoms with Gasteiger partial charge in [-0.3, -0.25) is 0 Å². The predicted octanol–water partition coefficient (Wildman–Crippen LogP) is 1.71. The first-order chi connectivity index (χ1) is 10.1. The minimum atomic E-state index is 1.01. The van der Waals surface area contributed by atoms with Crippen molar-refractivity contribution in [1.82, 2.24) is 9.55 Å². The summed E-state index contributed by atoms with van der Waals surface area (Å²) in [5.41, 5.74) is 4.63. The van der Waals surface area contributed by atoms with Crippen LogP contribution in [0, 0.1) is 6.92 Å². The maximum absolute atomic E-state index is 4.40. The first-order valence-corrected chi connectivity index (χ1v) is 7.02. The zero-order valence-corrected chi connectivity index (χ0v) is 12.9. The number of hydrogen-bond donors (Lipinski definition) is 0. The molecule has 0 N–H and O–H groups in total. The molecule has 4 heteroatoms. The van der Waals surface area contributed by atoms with Gasteiger partial charge in [0.2, 0.25) is 5.69 Å². The van der Waals surface area contributed by atoms with E-state index >= 15 is 0 Å². The molecular weight excluding hydrogens is 260 g/mol. The molecule has 0 aliphatic rings. The molecular formula is C17H20N4+2. The van der Waals surface area contributed by atoms with Crippen molar-refractivity contribution in [2.45, 2.75) is 6.92 Å². The van der Waals surface area contributed by atoms with Crippen molar-refractivity contribution in [2.24, 2.45) is 21.1 Å². The molecule has 0 radical (unpaired) electrons. The largest absolute Gasteiger partial charge is 0.326 e. The van der Waals surface area contributed by atoms with Gasteiger partial charge < -0.3 is 4.57 Å². The van der Waals surface area contributed by atoms with E-state index in [1.165, 1.54) is 11.4 Å². The van der Waals surface area contributed by atoms with E-state index in [-0.39, 0.29) is 0 Å². The van der Waals surface area contributed by atoms with Gasteiger partial charge in [-0.15, -0.1) is 0 Å². The van der Waals surface area contributed by atoms with Gasteiger partial charge in [0.1, 0.15) is 25.6 Å². The maximum Gasteiger partial charge on any atom is 0.277 e. The van der Waals surface area contributed by atoms with Crippen LogP contribution in [-0.2, 0) is 21.1 Å². The molecule has 0 aliphatic heterocycles. The van der Waals surface area contributed by atoms with Crippen molar-refractivity contribution in [2.75, 3.05) is 0 Å². The number of rotatable bonds is 2. The lowest BCUT2D eigenvalue weighted by atomic mass is 10.2. The lowest BCUT2D eigenvalue weighted by Gasteiger charge is -2.05. The van der Waals surface area contributed by atoms with Gasteiger partial charge in [-0.25, -0.2) is 4.98 Å². The molecule has 4 nitrogen and oxygen atoms in total. The number of hydrogen-bond acceptors (Lipinski definition) is 1. The van der Waals surface area contributed by atoms with Crippen LogP contribution in [0.1, 0.15) is 5.82 Å². The molecule has 3 rings (SSSR count). The molecule has 0 fully saturated rings. The van der Waals surface area contributed by atoms with Gasteiger partial charge in [0.25, 0.3) is 11.4 Å². The monoisotopic (exact) mass is 280 g/mol. The van der Waals surface area contributed by atoms with E-state index in [1.807, 2.05) is 26.2 Å². The molecule has 0 amide bonds. The lowest BCUT2D eigenvalue weighted by Crippen LogP contribution is -2.40. The normalized spacial score (nSPS) is 10.9. The fourth-order valence-electron chi connectivity index (χ4n) is 2.63. The molecule has 106 valence electrons. The topological polar surface area (TPSA) is 25.6 Å². The number of imidazole rings is 1. The molecule has 3 aromatic heterocycles. The van der Waals surface area contributed by atoms with Crippen molar-refractivity contribution in [3.8, 4) is 22.8 Å². The molecule has 0 spiro atoms. The van der Waals surface area contributed by atoms with Crippen LogP contribution in [-0.4, -0.2) is 9.55 Å². The second-order valence-corrected chi connectivity index (χ2v) is 5.30. The van der Waals surface area contributed by atoms with Crippen molar-refractivity contribution in [3.05, 3.63) is 54.6 Å². The van der Waals surface area contributed by atoms with E-state index in [2.05, 4.69) is 69.3 Å². The van der Waals surface area contributed by atoms with Crippen LogP contribution >= 0.6 is 0 Å². The predicted molar refractivity (Wildman–Crippen MR) is 81.2 cm³/mol. The number of nitrogens with zero attached hydrogens (tertiary/aromatic N) is 4. The van der Waals surface area contributed by atoms with Crippen molar-refractivity contribution in [3.63, 3.8) is 0 Å². The Morgan fingerprint density at radius 2 is 1.67 bits per heavy atom. The van der Waals surface area contributed by atoms with Crippen molar-refractivity contribution < 1.29 is 9.13 Å². The van der Waals surface area contributed by atoms with Crippen LogP contribution in [0.5, 0.6) is 0 Å². The summed E-state index contributed by atoms with van der Waals surface area (Å²) in [5, 5.41) is 0. The Morgan fingerprint density at radius 1 is 0.952 bits per heavy atom. The summed E-state index contributed by atoms with van der Waals surface area (Å²) in [5.74, 6) is 1.01. The van der Waals surface area contributed by atoms with E-state index in [1.54, 1.807) is 0 Å². The molecule has 21 heavy (non-hydrogen) atoms. The van der Waals surface area contributed by atoms with Crippen LogP contribution in [0.4, 0.5) is 0 Å². The van der Waals surface area contributed by atoms with Gasteiger partial charge >= 0.3 is 0 Å². The number of aryl methyl sites for hydroxylation is 2. The zero-order valence-electron chi connectivity index (χ0n) is 12.9. The Labute approximate surface area is 125 Å². The van der Waals surface area contributed by atoms with Crippen LogP contribution < -0.4 is 9.13 Å². The molecule has 3 heterocycles. The third-order valence-electron chi connectivity index (χ3n) is 4.03. The smallest absolute Gasteiger partial charge is 0.277 e. The van der Waals surface area contributed by atoms with Gasteiger partial charge in [0.15, 0.2) is 6.20 Å².